The van der Waals surface area contributed by atoms with Crippen molar-refractivity contribution < 1.29 is 9.59 Å². The van der Waals surface area contributed by atoms with Crippen molar-refractivity contribution >= 4 is 40.8 Å². The number of hydrogen-bond donors (Lipinski definition) is 4. The van der Waals surface area contributed by atoms with Gasteiger partial charge in [-0.2, -0.15) is 10.3 Å². The Kier molecular flexibility index (Phi) is 9.36. The lowest BCUT2D eigenvalue weighted by Crippen LogP contribution is -2.52. The highest BCUT2D eigenvalue weighted by atomic mass is 35.5. The third kappa shape index (κ3) is 6.20. The standard InChI is InChI=1S/C32H35N9O2.ClH/c1-19-5-14-27-26(18-35-36-27)29(19)24-4-2-3-21(15-24)16-28(30(34)42)41(32(43)23-8-6-20(17-33)7-9-23)25-12-10-22(11-13-25)31-37-39-40-38-31;/h2-5,10-15,18,20,23,28H,6-9,16-17,33H2,1H3,(H2,34,42)(H,35,36)(H,37,38,39,40);1H/t20?,23?,28-;/m0./s1. The minimum Gasteiger partial charge on any atom is -0.368 e. The summed E-state index contributed by atoms with van der Waals surface area (Å²) in [6.45, 7) is 2.69. The number of anilines is 1. The number of benzene rings is 3. The number of primary amides is 1. The Labute approximate surface area is 261 Å². The Morgan fingerprint density at radius 3 is 2.48 bits per heavy atom. The van der Waals surface area contributed by atoms with Gasteiger partial charge in [-0.05, 0) is 103 Å². The van der Waals surface area contributed by atoms with E-state index < -0.39 is 11.9 Å². The van der Waals surface area contributed by atoms with Gasteiger partial charge in [0, 0.05) is 29.0 Å². The van der Waals surface area contributed by atoms with Crippen LogP contribution >= 0.6 is 12.4 Å². The van der Waals surface area contributed by atoms with Gasteiger partial charge in [0.15, 0.2) is 0 Å². The average molecular weight is 614 g/mol. The number of H-pyrrole nitrogens is 2. The number of hydrogen-bond acceptors (Lipinski definition) is 7. The van der Waals surface area contributed by atoms with Crippen molar-refractivity contribution in [2.24, 2.45) is 23.3 Å². The Morgan fingerprint density at radius 1 is 1.02 bits per heavy atom. The summed E-state index contributed by atoms with van der Waals surface area (Å²) in [6.07, 6.45) is 5.33. The molecule has 11 nitrogen and oxygen atoms in total. The molecule has 2 heterocycles. The molecule has 0 unspecified atom stereocenters. The molecule has 6 N–H and O–H groups in total. The van der Waals surface area contributed by atoms with Gasteiger partial charge in [0.1, 0.15) is 6.04 Å². The Balaban J connectivity index is 0.00000384. The number of amides is 2. The molecular formula is C32H36ClN9O2. The van der Waals surface area contributed by atoms with Crippen LogP contribution < -0.4 is 16.4 Å². The number of nitrogens with one attached hydrogen (secondary N) is 2. The molecule has 0 saturated heterocycles. The molecule has 1 saturated carbocycles. The molecule has 0 spiro atoms. The molecule has 5 aromatic rings. The second-order valence-electron chi connectivity index (χ2n) is 11.4. The van der Waals surface area contributed by atoms with Crippen molar-refractivity contribution in [2.45, 2.75) is 45.1 Å². The topological polar surface area (TPSA) is 173 Å². The summed E-state index contributed by atoms with van der Waals surface area (Å²) in [7, 11) is 0. The molecule has 2 aromatic heterocycles. The maximum Gasteiger partial charge on any atom is 0.240 e. The maximum absolute atomic E-state index is 14.2. The third-order valence-electron chi connectivity index (χ3n) is 8.63. The van der Waals surface area contributed by atoms with E-state index in [0.717, 1.165) is 64.4 Å². The SMILES string of the molecule is Cc1ccc2[nH]ncc2c1-c1cccc(C[C@@H](C(N)=O)N(C(=O)C2CCC(CN)CC2)c2ccc(-c3nn[nH]n3)cc2)c1.Cl. The van der Waals surface area contributed by atoms with E-state index in [4.69, 9.17) is 11.5 Å². The first-order chi connectivity index (χ1) is 20.9. The summed E-state index contributed by atoms with van der Waals surface area (Å²) in [5, 5.41) is 22.5. The zero-order valence-electron chi connectivity index (χ0n) is 24.4. The van der Waals surface area contributed by atoms with E-state index in [1.807, 2.05) is 54.7 Å². The molecule has 228 valence electrons. The predicted molar refractivity (Wildman–Crippen MR) is 172 cm³/mol. The van der Waals surface area contributed by atoms with Crippen molar-refractivity contribution in [1.29, 1.82) is 0 Å². The summed E-state index contributed by atoms with van der Waals surface area (Å²) >= 11 is 0. The first-order valence-corrected chi connectivity index (χ1v) is 14.6. The van der Waals surface area contributed by atoms with Gasteiger partial charge >= 0.3 is 0 Å². The maximum atomic E-state index is 14.2. The van der Waals surface area contributed by atoms with Gasteiger partial charge in [0.25, 0.3) is 0 Å². The molecule has 1 aliphatic rings. The van der Waals surface area contributed by atoms with E-state index in [-0.39, 0.29) is 30.7 Å². The second kappa shape index (κ2) is 13.4. The second-order valence-corrected chi connectivity index (χ2v) is 11.4. The minimum absolute atomic E-state index is 0. The molecule has 12 heteroatoms. The average Bonchev–Trinajstić information content (AvgIpc) is 3.74. The summed E-state index contributed by atoms with van der Waals surface area (Å²) in [5.74, 6) is -0.0130. The number of aromatic nitrogens is 6. The van der Waals surface area contributed by atoms with Crippen molar-refractivity contribution in [3.63, 3.8) is 0 Å². The van der Waals surface area contributed by atoms with Crippen molar-refractivity contribution in [3.05, 3.63) is 78.0 Å². The highest BCUT2D eigenvalue weighted by molar-refractivity contribution is 6.02. The first-order valence-electron chi connectivity index (χ1n) is 14.6. The van der Waals surface area contributed by atoms with Gasteiger partial charge in [0.2, 0.25) is 17.6 Å². The number of nitrogens with two attached hydrogens (primary N) is 2. The number of carbonyl (C=O) groups excluding carboxylic acids is 2. The normalized spacial score (nSPS) is 17.1. The number of tetrazole rings is 1. The monoisotopic (exact) mass is 613 g/mol. The van der Waals surface area contributed by atoms with Crippen LogP contribution in [-0.4, -0.2) is 55.2 Å². The van der Waals surface area contributed by atoms with E-state index >= 15 is 0 Å². The molecule has 0 aliphatic heterocycles. The van der Waals surface area contributed by atoms with Crippen LogP contribution in [0.2, 0.25) is 0 Å². The van der Waals surface area contributed by atoms with Crippen LogP contribution in [-0.2, 0) is 16.0 Å². The number of aryl methyl sites for hydroxylation is 1. The van der Waals surface area contributed by atoms with Crippen LogP contribution in [0.3, 0.4) is 0 Å². The fraction of sp³-hybridized carbons (Fsp3) is 0.312. The summed E-state index contributed by atoms with van der Waals surface area (Å²) < 4.78 is 0. The largest absolute Gasteiger partial charge is 0.368 e. The van der Waals surface area contributed by atoms with E-state index in [1.54, 1.807) is 4.90 Å². The van der Waals surface area contributed by atoms with Crippen molar-refractivity contribution in [1.82, 2.24) is 30.8 Å². The molecule has 2 amide bonds. The third-order valence-corrected chi connectivity index (χ3v) is 8.63. The number of nitrogens with zero attached hydrogens (tertiary/aromatic N) is 5. The van der Waals surface area contributed by atoms with Crippen LogP contribution in [0.15, 0.2) is 66.9 Å². The molecule has 0 bridgehead atoms. The van der Waals surface area contributed by atoms with E-state index in [1.165, 1.54) is 0 Å². The molecule has 1 fully saturated rings. The van der Waals surface area contributed by atoms with Gasteiger partial charge in [-0.25, -0.2) is 0 Å². The minimum atomic E-state index is -0.892. The molecule has 3 aromatic carbocycles. The molecule has 0 radical (unpaired) electrons. The molecule has 6 rings (SSSR count). The van der Waals surface area contributed by atoms with Gasteiger partial charge in [-0.15, -0.1) is 22.6 Å². The highest BCUT2D eigenvalue weighted by Gasteiger charge is 2.36. The lowest BCUT2D eigenvalue weighted by atomic mass is 9.81. The van der Waals surface area contributed by atoms with E-state index in [0.29, 0.717) is 24.0 Å². The number of carbonyl (C=O) groups is 2. The predicted octanol–water partition coefficient (Wildman–Crippen LogP) is 4.33. The summed E-state index contributed by atoms with van der Waals surface area (Å²) in [4.78, 5) is 29.0. The Bertz CT molecular complexity index is 1730. The zero-order valence-corrected chi connectivity index (χ0v) is 25.3. The number of fused-ring (bicyclic) bond motifs is 1. The molecule has 44 heavy (non-hydrogen) atoms. The van der Waals surface area contributed by atoms with E-state index in [2.05, 4.69) is 49.9 Å². The van der Waals surface area contributed by atoms with E-state index in [9.17, 15) is 9.59 Å². The first kappa shape index (κ1) is 30.8. The zero-order chi connectivity index (χ0) is 29.9. The van der Waals surface area contributed by atoms with Crippen LogP contribution in [0.25, 0.3) is 33.4 Å². The van der Waals surface area contributed by atoms with Crippen LogP contribution in [0.5, 0.6) is 0 Å². The number of aromatic amines is 2. The number of halogens is 1. The quantitative estimate of drug-likeness (QED) is 0.191. The lowest BCUT2D eigenvalue weighted by Gasteiger charge is -2.35. The van der Waals surface area contributed by atoms with Crippen LogP contribution in [0, 0.1) is 18.8 Å². The summed E-state index contributed by atoms with van der Waals surface area (Å²) in [6, 6.07) is 18.5. The van der Waals surface area contributed by atoms with Crippen LogP contribution in [0.1, 0.15) is 36.8 Å². The molecular weight excluding hydrogens is 578 g/mol. The van der Waals surface area contributed by atoms with Gasteiger partial charge < -0.3 is 11.5 Å². The van der Waals surface area contributed by atoms with Gasteiger partial charge in [-0.1, -0.05) is 30.3 Å². The molecule has 1 aliphatic carbocycles. The smallest absolute Gasteiger partial charge is 0.240 e. The van der Waals surface area contributed by atoms with Gasteiger partial charge in [0.05, 0.1) is 11.7 Å². The Hall–Kier alpha value is -4.61. The Morgan fingerprint density at radius 2 is 1.80 bits per heavy atom. The molecule has 1 atom stereocenters. The number of rotatable bonds is 9. The summed E-state index contributed by atoms with van der Waals surface area (Å²) in [5.41, 5.74) is 18.4. The fourth-order valence-corrected chi connectivity index (χ4v) is 6.26. The lowest BCUT2D eigenvalue weighted by molar-refractivity contribution is -0.127. The highest BCUT2D eigenvalue weighted by Crippen LogP contribution is 2.34. The van der Waals surface area contributed by atoms with Gasteiger partial charge in [-0.3, -0.25) is 19.6 Å². The fourth-order valence-electron chi connectivity index (χ4n) is 6.26. The van der Waals surface area contributed by atoms with Crippen LogP contribution in [0.4, 0.5) is 5.69 Å². The van der Waals surface area contributed by atoms with Crippen molar-refractivity contribution in [2.75, 3.05) is 11.4 Å². The van der Waals surface area contributed by atoms with Crippen molar-refractivity contribution in [3.8, 4) is 22.5 Å².